The normalized spacial score (nSPS) is 19.3. The zero-order valence-electron chi connectivity index (χ0n) is 9.58. The molecular weight excluding hydrogens is 200 g/mol. The highest BCUT2D eigenvalue weighted by atomic mass is 16.3. The molecule has 0 amide bonds. The van der Waals surface area contributed by atoms with E-state index in [1.165, 1.54) is 19.3 Å². The van der Waals surface area contributed by atoms with Gasteiger partial charge >= 0.3 is 0 Å². The molecule has 0 radical (unpaired) electrons. The van der Waals surface area contributed by atoms with Crippen LogP contribution in [0.5, 0.6) is 5.75 Å². The molecule has 1 aromatic rings. The minimum Gasteiger partial charge on any atom is -0.508 e. The Kier molecular flexibility index (Phi) is 3.34. The summed E-state index contributed by atoms with van der Waals surface area (Å²) in [6.45, 7) is 0.674. The first-order chi connectivity index (χ1) is 7.74. The van der Waals surface area contributed by atoms with Gasteiger partial charge in [-0.25, -0.2) is 0 Å². The molecule has 16 heavy (non-hydrogen) atoms. The molecule has 0 aromatic heterocycles. The van der Waals surface area contributed by atoms with Crippen molar-refractivity contribution in [2.45, 2.75) is 37.6 Å². The SMILES string of the molecule is NCC1(Nc2ccc(O)cc2)CCCCC1. The van der Waals surface area contributed by atoms with Crippen LogP contribution in [0.25, 0.3) is 0 Å². The van der Waals surface area contributed by atoms with Crippen LogP contribution in [0.2, 0.25) is 0 Å². The van der Waals surface area contributed by atoms with Crippen molar-refractivity contribution in [2.75, 3.05) is 11.9 Å². The average Bonchev–Trinajstić information content (AvgIpc) is 2.33. The monoisotopic (exact) mass is 220 g/mol. The van der Waals surface area contributed by atoms with Crippen LogP contribution in [0, 0.1) is 0 Å². The second-order valence-electron chi connectivity index (χ2n) is 4.72. The van der Waals surface area contributed by atoms with Crippen molar-refractivity contribution in [3.63, 3.8) is 0 Å². The van der Waals surface area contributed by atoms with E-state index in [0.29, 0.717) is 12.3 Å². The first-order valence-corrected chi connectivity index (χ1v) is 6.01. The first kappa shape index (κ1) is 11.3. The number of nitrogens with two attached hydrogens (primary N) is 1. The highest BCUT2D eigenvalue weighted by Crippen LogP contribution is 2.31. The summed E-state index contributed by atoms with van der Waals surface area (Å²) in [4.78, 5) is 0. The third-order valence-electron chi connectivity index (χ3n) is 3.48. The van der Waals surface area contributed by atoms with Gasteiger partial charge in [0.1, 0.15) is 5.75 Å². The van der Waals surface area contributed by atoms with Gasteiger partial charge in [0.15, 0.2) is 0 Å². The molecule has 0 aliphatic heterocycles. The third-order valence-corrected chi connectivity index (χ3v) is 3.48. The van der Waals surface area contributed by atoms with Crippen LogP contribution >= 0.6 is 0 Å². The Bertz CT molecular complexity index is 328. The van der Waals surface area contributed by atoms with Crippen molar-refractivity contribution in [1.29, 1.82) is 0 Å². The van der Waals surface area contributed by atoms with Crippen molar-refractivity contribution >= 4 is 5.69 Å². The van der Waals surface area contributed by atoms with Gasteiger partial charge in [0.05, 0.1) is 0 Å². The number of nitrogens with one attached hydrogen (secondary N) is 1. The van der Waals surface area contributed by atoms with Crippen LogP contribution in [-0.2, 0) is 0 Å². The van der Waals surface area contributed by atoms with Gasteiger partial charge < -0.3 is 16.2 Å². The maximum Gasteiger partial charge on any atom is 0.115 e. The minimum atomic E-state index is 0.0647. The van der Waals surface area contributed by atoms with Crippen molar-refractivity contribution in [3.8, 4) is 5.75 Å². The second-order valence-corrected chi connectivity index (χ2v) is 4.72. The van der Waals surface area contributed by atoms with Crippen LogP contribution in [-0.4, -0.2) is 17.2 Å². The fraction of sp³-hybridized carbons (Fsp3) is 0.538. The quantitative estimate of drug-likeness (QED) is 0.686. The lowest BCUT2D eigenvalue weighted by atomic mass is 9.81. The van der Waals surface area contributed by atoms with E-state index in [-0.39, 0.29) is 5.54 Å². The number of phenols is 1. The van der Waals surface area contributed by atoms with Crippen molar-refractivity contribution in [2.24, 2.45) is 5.73 Å². The molecule has 0 bridgehead atoms. The molecule has 0 spiro atoms. The van der Waals surface area contributed by atoms with Crippen LogP contribution < -0.4 is 11.1 Å². The lowest BCUT2D eigenvalue weighted by Crippen LogP contribution is -2.46. The Morgan fingerprint density at radius 3 is 2.31 bits per heavy atom. The van der Waals surface area contributed by atoms with E-state index in [9.17, 15) is 5.11 Å². The Balaban J connectivity index is 2.08. The summed E-state index contributed by atoms with van der Waals surface area (Å²) in [6.07, 6.45) is 6.11. The van der Waals surface area contributed by atoms with Gasteiger partial charge in [-0.2, -0.15) is 0 Å². The number of hydrogen-bond acceptors (Lipinski definition) is 3. The first-order valence-electron chi connectivity index (χ1n) is 6.01. The lowest BCUT2D eigenvalue weighted by Gasteiger charge is -2.38. The van der Waals surface area contributed by atoms with E-state index in [2.05, 4.69) is 5.32 Å². The number of phenolic OH excluding ortho intramolecular Hbond substituents is 1. The molecule has 0 saturated heterocycles. The smallest absolute Gasteiger partial charge is 0.115 e. The molecule has 0 atom stereocenters. The number of rotatable bonds is 3. The number of benzene rings is 1. The summed E-state index contributed by atoms with van der Waals surface area (Å²) in [5.41, 5.74) is 7.02. The highest BCUT2D eigenvalue weighted by Gasteiger charge is 2.30. The largest absolute Gasteiger partial charge is 0.508 e. The summed E-state index contributed by atoms with van der Waals surface area (Å²) in [5, 5.41) is 12.8. The van der Waals surface area contributed by atoms with Gasteiger partial charge in [-0.3, -0.25) is 0 Å². The van der Waals surface area contributed by atoms with E-state index < -0.39 is 0 Å². The highest BCUT2D eigenvalue weighted by molar-refractivity contribution is 5.48. The van der Waals surface area contributed by atoms with Crippen LogP contribution in [0.1, 0.15) is 32.1 Å². The second kappa shape index (κ2) is 4.74. The molecule has 2 rings (SSSR count). The Morgan fingerprint density at radius 1 is 1.12 bits per heavy atom. The maximum atomic E-state index is 9.23. The molecule has 1 fully saturated rings. The summed E-state index contributed by atoms with van der Waals surface area (Å²) in [5.74, 6) is 0.302. The predicted octanol–water partition coefficient (Wildman–Crippen LogP) is 2.47. The van der Waals surface area contributed by atoms with E-state index >= 15 is 0 Å². The Hall–Kier alpha value is -1.22. The van der Waals surface area contributed by atoms with Crippen molar-refractivity contribution in [3.05, 3.63) is 24.3 Å². The van der Waals surface area contributed by atoms with Gasteiger partial charge in [0, 0.05) is 17.8 Å². The van der Waals surface area contributed by atoms with Crippen molar-refractivity contribution in [1.82, 2.24) is 0 Å². The molecular formula is C13H20N2O. The molecule has 0 unspecified atom stereocenters. The zero-order chi connectivity index (χ0) is 11.4. The topological polar surface area (TPSA) is 58.3 Å². The van der Waals surface area contributed by atoms with E-state index in [0.717, 1.165) is 18.5 Å². The summed E-state index contributed by atoms with van der Waals surface area (Å²) < 4.78 is 0. The van der Waals surface area contributed by atoms with E-state index in [4.69, 9.17) is 5.73 Å². The van der Waals surface area contributed by atoms with Gasteiger partial charge in [0.25, 0.3) is 0 Å². The maximum absolute atomic E-state index is 9.23. The molecule has 0 heterocycles. The van der Waals surface area contributed by atoms with Crippen LogP contribution in [0.3, 0.4) is 0 Å². The summed E-state index contributed by atoms with van der Waals surface area (Å²) in [7, 11) is 0. The molecule has 1 saturated carbocycles. The molecule has 88 valence electrons. The van der Waals surface area contributed by atoms with Crippen LogP contribution in [0.15, 0.2) is 24.3 Å². The number of aromatic hydroxyl groups is 1. The molecule has 3 nitrogen and oxygen atoms in total. The fourth-order valence-corrected chi connectivity index (χ4v) is 2.46. The standard InChI is InChI=1S/C13H20N2O/c14-10-13(8-2-1-3-9-13)15-11-4-6-12(16)7-5-11/h4-7,15-16H,1-3,8-10,14H2. The molecule has 1 aliphatic rings. The lowest BCUT2D eigenvalue weighted by molar-refractivity contribution is 0.331. The average molecular weight is 220 g/mol. The number of anilines is 1. The Labute approximate surface area is 96.7 Å². The summed E-state index contributed by atoms with van der Waals surface area (Å²) >= 11 is 0. The third kappa shape index (κ3) is 2.47. The molecule has 3 heteroatoms. The predicted molar refractivity (Wildman–Crippen MR) is 66.6 cm³/mol. The van der Waals surface area contributed by atoms with Gasteiger partial charge in [0.2, 0.25) is 0 Å². The molecule has 1 aromatic carbocycles. The summed E-state index contributed by atoms with van der Waals surface area (Å²) in [6, 6.07) is 7.22. The van der Waals surface area contributed by atoms with Crippen molar-refractivity contribution < 1.29 is 5.11 Å². The minimum absolute atomic E-state index is 0.0647. The number of hydrogen-bond donors (Lipinski definition) is 3. The Morgan fingerprint density at radius 2 is 1.75 bits per heavy atom. The molecule has 1 aliphatic carbocycles. The molecule has 4 N–H and O–H groups in total. The van der Waals surface area contributed by atoms with Crippen LogP contribution in [0.4, 0.5) is 5.69 Å². The van der Waals surface area contributed by atoms with E-state index in [1.54, 1.807) is 12.1 Å². The van der Waals surface area contributed by atoms with E-state index in [1.807, 2.05) is 12.1 Å². The van der Waals surface area contributed by atoms with Gasteiger partial charge in [-0.1, -0.05) is 19.3 Å². The van der Waals surface area contributed by atoms with Gasteiger partial charge in [-0.15, -0.1) is 0 Å². The van der Waals surface area contributed by atoms with Gasteiger partial charge in [-0.05, 0) is 37.1 Å². The fourth-order valence-electron chi connectivity index (χ4n) is 2.46. The zero-order valence-corrected chi connectivity index (χ0v) is 9.58.